The van der Waals surface area contributed by atoms with Gasteiger partial charge in [0, 0.05) is 6.54 Å². The molecule has 0 radical (unpaired) electrons. The monoisotopic (exact) mass is 452 g/mol. The van der Waals surface area contributed by atoms with Gasteiger partial charge in [-0.25, -0.2) is 9.79 Å². The lowest BCUT2D eigenvalue weighted by atomic mass is 10.2. The van der Waals surface area contributed by atoms with Crippen molar-refractivity contribution < 1.29 is 24.2 Å². The fourth-order valence-electron chi connectivity index (χ4n) is 2.96. The van der Waals surface area contributed by atoms with E-state index in [0.717, 1.165) is 5.56 Å². The molecular weight excluding hydrogens is 428 g/mol. The Morgan fingerprint density at radius 2 is 1.91 bits per heavy atom. The van der Waals surface area contributed by atoms with Crippen LogP contribution in [0.3, 0.4) is 0 Å². The molecule has 7 nitrogen and oxygen atoms in total. The van der Waals surface area contributed by atoms with Gasteiger partial charge < -0.3 is 14.6 Å². The van der Waals surface area contributed by atoms with Gasteiger partial charge in [-0.3, -0.25) is 9.69 Å². The minimum absolute atomic E-state index is 0.136. The number of amidine groups is 1. The van der Waals surface area contributed by atoms with Gasteiger partial charge in [-0.05, 0) is 73.6 Å². The third-order valence-corrected chi connectivity index (χ3v) is 5.47. The maximum atomic E-state index is 12.9. The largest absolute Gasteiger partial charge is 0.490 e. The van der Waals surface area contributed by atoms with Gasteiger partial charge in [-0.1, -0.05) is 18.7 Å². The molecule has 2 aromatic rings. The topological polar surface area (TPSA) is 88.4 Å². The van der Waals surface area contributed by atoms with Crippen molar-refractivity contribution in [2.24, 2.45) is 4.99 Å². The minimum atomic E-state index is -0.998. The number of carbonyl (C=O) groups excluding carboxylic acids is 1. The molecular formula is C24H24N2O5S. The summed E-state index contributed by atoms with van der Waals surface area (Å²) in [6, 6.07) is 11.7. The zero-order chi connectivity index (χ0) is 23.1. The quantitative estimate of drug-likeness (QED) is 0.427. The normalized spacial score (nSPS) is 15.9. The van der Waals surface area contributed by atoms with E-state index in [0.29, 0.717) is 47.0 Å². The summed E-state index contributed by atoms with van der Waals surface area (Å²) in [6.07, 6.45) is 3.46. The van der Waals surface area contributed by atoms with E-state index in [-0.39, 0.29) is 11.5 Å². The number of carboxylic acids is 1. The second-order valence-corrected chi connectivity index (χ2v) is 7.65. The Morgan fingerprint density at radius 3 is 2.53 bits per heavy atom. The van der Waals surface area contributed by atoms with E-state index in [4.69, 9.17) is 14.6 Å². The summed E-state index contributed by atoms with van der Waals surface area (Å²) in [5.74, 6) is 0.0751. The molecule has 0 bridgehead atoms. The number of carbonyl (C=O) groups is 2. The molecule has 1 N–H and O–H groups in total. The van der Waals surface area contributed by atoms with E-state index in [9.17, 15) is 9.59 Å². The van der Waals surface area contributed by atoms with Crippen molar-refractivity contribution in [3.8, 4) is 11.5 Å². The summed E-state index contributed by atoms with van der Waals surface area (Å²) in [5.41, 5.74) is 1.56. The van der Waals surface area contributed by atoms with Gasteiger partial charge in [0.1, 0.15) is 6.61 Å². The number of benzene rings is 2. The summed E-state index contributed by atoms with van der Waals surface area (Å²) in [7, 11) is 0. The fourth-order valence-corrected chi connectivity index (χ4v) is 4.02. The lowest BCUT2D eigenvalue weighted by Crippen LogP contribution is -2.28. The number of thioether (sulfide) groups is 1. The number of nitrogens with zero attached hydrogens (tertiary/aromatic N) is 2. The molecule has 0 aromatic heterocycles. The van der Waals surface area contributed by atoms with Crippen molar-refractivity contribution in [1.82, 2.24) is 4.90 Å². The van der Waals surface area contributed by atoms with Crippen LogP contribution in [0.25, 0.3) is 6.08 Å². The SMILES string of the molecule is C=CCOc1ccc(C=C2SC(=Nc3ccc(C(=O)O)cc3)N(CC)C2=O)cc1OCC. The minimum Gasteiger partial charge on any atom is -0.490 e. The van der Waals surface area contributed by atoms with Crippen molar-refractivity contribution >= 4 is 40.6 Å². The fraction of sp³-hybridized carbons (Fsp3) is 0.208. The zero-order valence-electron chi connectivity index (χ0n) is 17.9. The van der Waals surface area contributed by atoms with E-state index in [1.54, 1.807) is 29.2 Å². The first-order valence-corrected chi connectivity index (χ1v) is 10.9. The molecule has 0 unspecified atom stereocenters. The highest BCUT2D eigenvalue weighted by Crippen LogP contribution is 2.36. The summed E-state index contributed by atoms with van der Waals surface area (Å²) in [5, 5.41) is 9.59. The lowest BCUT2D eigenvalue weighted by molar-refractivity contribution is -0.122. The smallest absolute Gasteiger partial charge is 0.335 e. The van der Waals surface area contributed by atoms with Crippen LogP contribution < -0.4 is 9.47 Å². The Labute approximate surface area is 191 Å². The van der Waals surface area contributed by atoms with Crippen molar-refractivity contribution in [3.63, 3.8) is 0 Å². The van der Waals surface area contributed by atoms with Crippen LogP contribution in [0.5, 0.6) is 11.5 Å². The first-order chi connectivity index (χ1) is 15.5. The summed E-state index contributed by atoms with van der Waals surface area (Å²) in [6.45, 7) is 8.74. The van der Waals surface area contributed by atoms with E-state index in [1.165, 1.54) is 23.9 Å². The van der Waals surface area contributed by atoms with Crippen LogP contribution in [0.15, 0.2) is 65.0 Å². The second kappa shape index (κ2) is 10.7. The summed E-state index contributed by atoms with van der Waals surface area (Å²) >= 11 is 1.27. The molecule has 3 rings (SSSR count). The third kappa shape index (κ3) is 5.39. The maximum Gasteiger partial charge on any atom is 0.335 e. The number of aromatic carboxylic acids is 1. The first kappa shape index (κ1) is 23.1. The van der Waals surface area contributed by atoms with Crippen molar-refractivity contribution in [1.29, 1.82) is 0 Å². The number of hydrogen-bond donors (Lipinski definition) is 1. The molecule has 1 amide bonds. The summed E-state index contributed by atoms with van der Waals surface area (Å²) < 4.78 is 11.3. The highest BCUT2D eigenvalue weighted by molar-refractivity contribution is 8.18. The Hall–Kier alpha value is -3.52. The molecule has 1 aliphatic heterocycles. The maximum absolute atomic E-state index is 12.9. The van der Waals surface area contributed by atoms with E-state index in [2.05, 4.69) is 11.6 Å². The number of amides is 1. The Kier molecular flexibility index (Phi) is 7.72. The van der Waals surface area contributed by atoms with Gasteiger partial charge in [0.15, 0.2) is 16.7 Å². The van der Waals surface area contributed by atoms with Gasteiger partial charge in [0.25, 0.3) is 5.91 Å². The molecule has 1 fully saturated rings. The summed E-state index contributed by atoms with van der Waals surface area (Å²) in [4.78, 5) is 30.6. The molecule has 0 aliphatic carbocycles. The highest BCUT2D eigenvalue weighted by Gasteiger charge is 2.32. The first-order valence-electron chi connectivity index (χ1n) is 10.1. The van der Waals surface area contributed by atoms with Crippen LogP contribution in [0.1, 0.15) is 29.8 Å². The predicted molar refractivity (Wildman–Crippen MR) is 127 cm³/mol. The number of ether oxygens (including phenoxy) is 2. The second-order valence-electron chi connectivity index (χ2n) is 6.65. The predicted octanol–water partition coefficient (Wildman–Crippen LogP) is 4.97. The number of carboxylic acid groups (broad SMARTS) is 1. The van der Waals surface area contributed by atoms with Crippen LogP contribution in [-0.4, -0.2) is 46.8 Å². The zero-order valence-corrected chi connectivity index (χ0v) is 18.7. The average Bonchev–Trinajstić information content (AvgIpc) is 3.07. The van der Waals surface area contributed by atoms with Gasteiger partial charge in [0.2, 0.25) is 0 Å². The Balaban J connectivity index is 1.88. The number of rotatable bonds is 9. The standard InChI is InChI=1S/C24H24N2O5S/c1-4-13-31-19-12-7-16(14-20(19)30-6-3)15-21-22(27)26(5-2)24(32-21)25-18-10-8-17(9-11-18)23(28)29/h4,7-12,14-15H,1,5-6,13H2,2-3H3,(H,28,29). The van der Waals surface area contributed by atoms with Crippen LogP contribution in [0, 0.1) is 0 Å². The number of likely N-dealkylation sites (N-methyl/N-ethyl adjacent to an activating group) is 1. The van der Waals surface area contributed by atoms with Crippen molar-refractivity contribution in [2.45, 2.75) is 13.8 Å². The molecule has 1 saturated heterocycles. The van der Waals surface area contributed by atoms with Gasteiger partial charge >= 0.3 is 5.97 Å². The Morgan fingerprint density at radius 1 is 1.16 bits per heavy atom. The molecule has 1 heterocycles. The molecule has 1 aliphatic rings. The highest BCUT2D eigenvalue weighted by atomic mass is 32.2. The van der Waals surface area contributed by atoms with Gasteiger partial charge in [0.05, 0.1) is 22.8 Å². The third-order valence-electron chi connectivity index (χ3n) is 4.47. The molecule has 0 atom stereocenters. The molecule has 0 saturated carbocycles. The van der Waals surface area contributed by atoms with E-state index in [1.807, 2.05) is 32.0 Å². The Bertz CT molecular complexity index is 1080. The van der Waals surface area contributed by atoms with Crippen LogP contribution >= 0.6 is 11.8 Å². The number of hydrogen-bond acceptors (Lipinski definition) is 6. The number of aliphatic imine (C=N–C) groups is 1. The van der Waals surface area contributed by atoms with Crippen LogP contribution in [0.2, 0.25) is 0 Å². The van der Waals surface area contributed by atoms with Crippen molar-refractivity contribution in [3.05, 3.63) is 71.2 Å². The van der Waals surface area contributed by atoms with E-state index >= 15 is 0 Å². The lowest BCUT2D eigenvalue weighted by Gasteiger charge is -2.12. The van der Waals surface area contributed by atoms with Crippen molar-refractivity contribution in [2.75, 3.05) is 19.8 Å². The molecule has 0 spiro atoms. The van der Waals surface area contributed by atoms with Crippen LogP contribution in [-0.2, 0) is 4.79 Å². The van der Waals surface area contributed by atoms with Gasteiger partial charge in [-0.15, -0.1) is 0 Å². The van der Waals surface area contributed by atoms with E-state index < -0.39 is 5.97 Å². The molecule has 2 aromatic carbocycles. The average molecular weight is 453 g/mol. The molecule has 8 heteroatoms. The van der Waals surface area contributed by atoms with Crippen LogP contribution in [0.4, 0.5) is 5.69 Å². The molecule has 166 valence electrons. The van der Waals surface area contributed by atoms with Gasteiger partial charge in [-0.2, -0.15) is 0 Å². The molecule has 32 heavy (non-hydrogen) atoms.